The van der Waals surface area contributed by atoms with Crippen LogP contribution in [0.2, 0.25) is 0 Å². The molecule has 0 N–H and O–H groups in total. The molecule has 4 heterocycles. The van der Waals surface area contributed by atoms with Gasteiger partial charge >= 0.3 is 0 Å². The predicted octanol–water partition coefficient (Wildman–Crippen LogP) is 15.9. The Kier molecular flexibility index (Phi) is 9.23. The van der Waals surface area contributed by atoms with Crippen LogP contribution in [0.5, 0.6) is 0 Å². The number of hydrogen-bond acceptors (Lipinski definition) is 3. The average Bonchev–Trinajstić information content (AvgIpc) is 3.85. The molecule has 0 saturated carbocycles. The normalized spacial score (nSPS) is 16.2. The van der Waals surface area contributed by atoms with Gasteiger partial charge in [0.2, 0.25) is 0 Å². The van der Waals surface area contributed by atoms with Crippen LogP contribution in [-0.2, 0) is 27.1 Å². The standard InChI is InChI=1S/C64H66BN3O/c1-60(2,3)39-22-26-42(27-23-39)66-53-31-25-40(61(4,5)6)34-50(53)65-57-54(66)37-44(67-51-20-16-14-18-45(51)46-19-15-17-21-52(46)67)38-55(57)68(43-28-30-48-49(36-43)64(12,13)33-32-63(48,10)11)58-47-29-24-41(62(7,8)9)35-56(47)69-59(58)65/h14-31,34-38H,32-33H2,1-13H3. The van der Waals surface area contributed by atoms with Gasteiger partial charge in [-0.2, -0.15) is 0 Å². The zero-order valence-corrected chi connectivity index (χ0v) is 43.0. The first kappa shape index (κ1) is 43.8. The molecule has 0 atom stereocenters. The molecule has 5 heteroatoms. The molecular formula is C64H66BN3O. The number of benzene rings is 7. The number of nitrogens with zero attached hydrogens (tertiary/aromatic N) is 3. The lowest BCUT2D eigenvalue weighted by Gasteiger charge is -2.44. The van der Waals surface area contributed by atoms with Crippen molar-refractivity contribution in [1.29, 1.82) is 0 Å². The molecule has 0 saturated heterocycles. The number of fused-ring (bicyclic) bond motifs is 10. The van der Waals surface area contributed by atoms with Crippen molar-refractivity contribution in [2.24, 2.45) is 0 Å². The minimum Gasteiger partial charge on any atom is -0.468 e. The van der Waals surface area contributed by atoms with Gasteiger partial charge in [0.15, 0.2) is 0 Å². The minimum atomic E-state index is -0.172. The number of hydrogen-bond donors (Lipinski definition) is 0. The maximum absolute atomic E-state index is 7.54. The van der Waals surface area contributed by atoms with E-state index in [0.29, 0.717) is 0 Å². The molecule has 0 amide bonds. The first-order valence-electron chi connectivity index (χ1n) is 25.3. The van der Waals surface area contributed by atoms with Crippen LogP contribution in [-0.4, -0.2) is 11.3 Å². The van der Waals surface area contributed by atoms with Crippen molar-refractivity contribution in [2.45, 2.75) is 130 Å². The first-order chi connectivity index (χ1) is 32.6. The number of anilines is 6. The maximum Gasteiger partial charge on any atom is 0.297 e. The molecule has 346 valence electrons. The van der Waals surface area contributed by atoms with Crippen molar-refractivity contribution in [1.82, 2.24) is 4.57 Å². The Morgan fingerprint density at radius 1 is 0.464 bits per heavy atom. The molecular weight excluding hydrogens is 838 g/mol. The van der Waals surface area contributed by atoms with E-state index in [-0.39, 0.29) is 33.8 Å². The lowest BCUT2D eigenvalue weighted by atomic mass is 9.35. The summed E-state index contributed by atoms with van der Waals surface area (Å²) in [5.41, 5.74) is 21.7. The second kappa shape index (κ2) is 14.5. The van der Waals surface area contributed by atoms with E-state index in [1.807, 2.05) is 0 Å². The van der Waals surface area contributed by atoms with Gasteiger partial charge in [0, 0.05) is 44.6 Å². The van der Waals surface area contributed by atoms with E-state index in [1.54, 1.807) is 0 Å². The van der Waals surface area contributed by atoms with E-state index < -0.39 is 0 Å². The van der Waals surface area contributed by atoms with E-state index in [4.69, 9.17) is 4.42 Å². The third-order valence-electron chi connectivity index (χ3n) is 16.3. The van der Waals surface area contributed by atoms with E-state index in [0.717, 1.165) is 40.1 Å². The summed E-state index contributed by atoms with van der Waals surface area (Å²) in [5, 5.41) is 3.64. The highest BCUT2D eigenvalue weighted by Gasteiger charge is 2.48. The zero-order valence-electron chi connectivity index (χ0n) is 43.0. The highest BCUT2D eigenvalue weighted by atomic mass is 16.3. The summed E-state index contributed by atoms with van der Waals surface area (Å²) in [7, 11) is 0. The molecule has 0 bridgehead atoms. The Bertz CT molecular complexity index is 3530. The van der Waals surface area contributed by atoms with Gasteiger partial charge in [-0.05, 0) is 145 Å². The molecule has 2 aromatic heterocycles. The van der Waals surface area contributed by atoms with Crippen molar-refractivity contribution in [3.63, 3.8) is 0 Å². The second-order valence-corrected chi connectivity index (χ2v) is 25.0. The molecule has 1 aliphatic carbocycles. The van der Waals surface area contributed by atoms with Gasteiger partial charge in [0.05, 0.1) is 28.1 Å². The summed E-state index contributed by atoms with van der Waals surface area (Å²) in [6.07, 6.45) is 2.31. The maximum atomic E-state index is 7.54. The Balaban J connectivity index is 1.25. The highest BCUT2D eigenvalue weighted by molar-refractivity contribution is 7.00. The van der Waals surface area contributed by atoms with Crippen LogP contribution < -0.4 is 26.4 Å². The van der Waals surface area contributed by atoms with E-state index in [1.165, 1.54) is 89.7 Å². The molecule has 12 rings (SSSR count). The molecule has 2 aliphatic heterocycles. The Hall–Kier alpha value is -6.46. The van der Waals surface area contributed by atoms with Crippen molar-refractivity contribution < 1.29 is 4.42 Å². The topological polar surface area (TPSA) is 24.6 Å². The van der Waals surface area contributed by atoms with Gasteiger partial charge < -0.3 is 18.8 Å². The summed E-state index contributed by atoms with van der Waals surface area (Å²) in [5.74, 6) is 0. The summed E-state index contributed by atoms with van der Waals surface area (Å²) < 4.78 is 10.0. The van der Waals surface area contributed by atoms with Crippen LogP contribution in [0, 0.1) is 0 Å². The molecule has 3 aliphatic rings. The van der Waals surface area contributed by atoms with Crippen LogP contribution in [0.4, 0.5) is 34.1 Å². The van der Waals surface area contributed by atoms with E-state index >= 15 is 0 Å². The molecule has 0 spiro atoms. The molecule has 0 radical (unpaired) electrons. The van der Waals surface area contributed by atoms with Crippen LogP contribution >= 0.6 is 0 Å². The summed E-state index contributed by atoms with van der Waals surface area (Å²) >= 11 is 0. The number of rotatable bonds is 3. The van der Waals surface area contributed by atoms with Crippen molar-refractivity contribution in [2.75, 3.05) is 9.80 Å². The quantitative estimate of drug-likeness (QED) is 0.165. The average molecular weight is 904 g/mol. The number of aromatic nitrogens is 1. The fourth-order valence-electron chi connectivity index (χ4n) is 12.1. The fraction of sp³-hybridized carbons (Fsp3) is 0.312. The van der Waals surface area contributed by atoms with Crippen LogP contribution in [0.25, 0.3) is 38.5 Å². The van der Waals surface area contributed by atoms with Gasteiger partial charge in [0.25, 0.3) is 6.71 Å². The van der Waals surface area contributed by atoms with Crippen molar-refractivity contribution in [3.05, 3.63) is 167 Å². The number of para-hydroxylation sites is 2. The monoisotopic (exact) mass is 904 g/mol. The Morgan fingerprint density at radius 3 is 1.62 bits per heavy atom. The molecule has 0 fully saturated rings. The SMILES string of the molecule is CC(C)(C)c1ccc(N2c3ccc(C(C)(C)C)cc3B3c4oc5cc(C(C)(C)C)ccc5c4N(c4ccc5c(c4)C(C)(C)CCC5(C)C)c4cc(-n5c6ccccc6c6ccccc65)cc2c43)cc1. The van der Waals surface area contributed by atoms with Crippen LogP contribution in [0.3, 0.4) is 0 Å². The highest BCUT2D eigenvalue weighted by Crippen LogP contribution is 2.52. The Morgan fingerprint density at radius 2 is 1.00 bits per heavy atom. The predicted molar refractivity (Wildman–Crippen MR) is 296 cm³/mol. The number of furan rings is 1. The van der Waals surface area contributed by atoms with Gasteiger partial charge in [-0.3, -0.25) is 0 Å². The fourth-order valence-corrected chi connectivity index (χ4v) is 12.1. The molecule has 9 aromatic rings. The lowest BCUT2D eigenvalue weighted by molar-refractivity contribution is 0.332. The van der Waals surface area contributed by atoms with Crippen LogP contribution in [0.15, 0.2) is 144 Å². The van der Waals surface area contributed by atoms with Gasteiger partial charge in [-0.25, -0.2) is 0 Å². The Labute approximate surface area is 410 Å². The second-order valence-electron chi connectivity index (χ2n) is 25.0. The first-order valence-corrected chi connectivity index (χ1v) is 25.3. The van der Waals surface area contributed by atoms with Gasteiger partial charge in [-0.1, -0.05) is 163 Å². The summed E-state index contributed by atoms with van der Waals surface area (Å²) in [6, 6.07) is 53.8. The molecule has 7 aromatic carbocycles. The third-order valence-corrected chi connectivity index (χ3v) is 16.3. The lowest BCUT2D eigenvalue weighted by Crippen LogP contribution is -2.61. The van der Waals surface area contributed by atoms with E-state index in [2.05, 4.69) is 244 Å². The largest absolute Gasteiger partial charge is 0.468 e. The molecule has 0 unspecified atom stereocenters. The molecule has 69 heavy (non-hydrogen) atoms. The minimum absolute atomic E-state index is 0.0182. The molecule has 4 nitrogen and oxygen atoms in total. The van der Waals surface area contributed by atoms with Gasteiger partial charge in [-0.15, -0.1) is 0 Å². The van der Waals surface area contributed by atoms with Gasteiger partial charge in [0.1, 0.15) is 5.58 Å². The summed E-state index contributed by atoms with van der Waals surface area (Å²) in [4.78, 5) is 5.16. The third kappa shape index (κ3) is 6.62. The zero-order chi connectivity index (χ0) is 48.3. The smallest absolute Gasteiger partial charge is 0.297 e. The summed E-state index contributed by atoms with van der Waals surface area (Å²) in [6.45, 7) is 30.4. The van der Waals surface area contributed by atoms with Crippen molar-refractivity contribution in [3.8, 4) is 5.69 Å². The van der Waals surface area contributed by atoms with Crippen LogP contribution in [0.1, 0.15) is 131 Å². The van der Waals surface area contributed by atoms with E-state index in [9.17, 15) is 0 Å². The van der Waals surface area contributed by atoms with Crippen molar-refractivity contribution >= 4 is 90.2 Å².